The fourth-order valence-corrected chi connectivity index (χ4v) is 3.98. The van der Waals surface area contributed by atoms with Crippen LogP contribution < -0.4 is 16.6 Å². The number of nitrogens with zero attached hydrogens (tertiary/aromatic N) is 1. The van der Waals surface area contributed by atoms with Crippen molar-refractivity contribution in [2.24, 2.45) is 12.8 Å². The maximum Gasteiger partial charge on any atom is 0.274 e. The number of rotatable bonds is 4. The van der Waals surface area contributed by atoms with Gasteiger partial charge in [-0.15, -0.1) is 0 Å². The average Bonchev–Trinajstić information content (AvgIpc) is 3.26. The Morgan fingerprint density at radius 2 is 1.78 bits per heavy atom. The normalized spacial score (nSPS) is 11.7. The molecule has 2 aromatic carbocycles. The van der Waals surface area contributed by atoms with Gasteiger partial charge in [0.2, 0.25) is 0 Å². The van der Waals surface area contributed by atoms with E-state index >= 15 is 0 Å². The molecule has 6 heteroatoms. The second-order valence-corrected chi connectivity index (χ2v) is 9.04. The van der Waals surface area contributed by atoms with Gasteiger partial charge in [-0.05, 0) is 46.4 Å². The van der Waals surface area contributed by atoms with E-state index in [9.17, 15) is 9.59 Å². The molecule has 0 aliphatic heterocycles. The molecule has 164 valence electrons. The number of H-pyrrole nitrogens is 1. The summed E-state index contributed by atoms with van der Waals surface area (Å²) in [5.41, 5.74) is 11.6. The molecule has 1 amide bonds. The van der Waals surface area contributed by atoms with Crippen molar-refractivity contribution in [3.8, 4) is 11.1 Å². The van der Waals surface area contributed by atoms with Crippen LogP contribution in [0.1, 0.15) is 42.3 Å². The van der Waals surface area contributed by atoms with Crippen molar-refractivity contribution in [1.82, 2.24) is 9.55 Å². The Labute approximate surface area is 187 Å². The lowest BCUT2D eigenvalue weighted by molar-refractivity contribution is 0.102. The summed E-state index contributed by atoms with van der Waals surface area (Å²) in [6.07, 6.45) is 3.56. The van der Waals surface area contributed by atoms with E-state index < -0.39 is 0 Å². The van der Waals surface area contributed by atoms with E-state index in [4.69, 9.17) is 5.73 Å². The van der Waals surface area contributed by atoms with Gasteiger partial charge in [-0.1, -0.05) is 45.0 Å². The molecule has 0 saturated heterocycles. The van der Waals surface area contributed by atoms with E-state index in [1.807, 2.05) is 54.7 Å². The number of fused-ring (bicyclic) bond motifs is 1. The van der Waals surface area contributed by atoms with Crippen LogP contribution >= 0.6 is 0 Å². The number of pyridine rings is 1. The zero-order chi connectivity index (χ0) is 23.0. The number of hydrogen-bond acceptors (Lipinski definition) is 3. The van der Waals surface area contributed by atoms with E-state index in [2.05, 4.69) is 31.1 Å². The van der Waals surface area contributed by atoms with Crippen LogP contribution in [0.4, 0.5) is 5.69 Å². The second kappa shape index (κ2) is 8.13. The molecule has 4 N–H and O–H groups in total. The number of aryl methyl sites for hydroxylation is 1. The van der Waals surface area contributed by atoms with E-state index in [1.165, 1.54) is 5.56 Å². The van der Waals surface area contributed by atoms with Crippen LogP contribution in [0, 0.1) is 0 Å². The van der Waals surface area contributed by atoms with Crippen molar-refractivity contribution in [3.63, 3.8) is 0 Å². The van der Waals surface area contributed by atoms with E-state index in [0.717, 1.165) is 22.1 Å². The Morgan fingerprint density at radius 3 is 2.44 bits per heavy atom. The molecule has 0 saturated carbocycles. The minimum absolute atomic E-state index is 0.0232. The predicted molar refractivity (Wildman–Crippen MR) is 130 cm³/mol. The number of hydrogen-bond donors (Lipinski definition) is 3. The highest BCUT2D eigenvalue weighted by Crippen LogP contribution is 2.33. The Morgan fingerprint density at radius 1 is 1.06 bits per heavy atom. The Kier molecular flexibility index (Phi) is 5.48. The molecule has 0 unspecified atom stereocenters. The Bertz CT molecular complexity index is 1360. The third-order valence-electron chi connectivity index (χ3n) is 5.83. The number of carbonyl (C=O) groups excluding carboxylic acids is 1. The molecule has 0 spiro atoms. The summed E-state index contributed by atoms with van der Waals surface area (Å²) in [7, 11) is 1.72. The topological polar surface area (TPSA) is 92.9 Å². The minimum atomic E-state index is -0.190. The van der Waals surface area contributed by atoms with Crippen molar-refractivity contribution in [3.05, 3.63) is 88.0 Å². The Hall–Kier alpha value is -3.64. The molecule has 2 aromatic heterocycles. The van der Waals surface area contributed by atoms with Crippen molar-refractivity contribution in [2.75, 3.05) is 5.32 Å². The fraction of sp³-hybridized carbons (Fsp3) is 0.231. The standard InChI is InChI=1S/C26H28N4O2/c1-26(2,3)17-10-8-16(9-11-17)24(31)29-22-7-5-6-18(20(22)14-27)21-15-30(4)25(32)23-19(21)12-13-28-23/h5-13,15,28H,14,27H2,1-4H3,(H,29,31). The van der Waals surface area contributed by atoms with Gasteiger partial charge in [0.25, 0.3) is 11.5 Å². The van der Waals surface area contributed by atoms with Gasteiger partial charge < -0.3 is 20.6 Å². The molecule has 4 rings (SSSR count). The lowest BCUT2D eigenvalue weighted by Gasteiger charge is -2.19. The van der Waals surface area contributed by atoms with Crippen LogP contribution in [0.25, 0.3) is 22.0 Å². The fourth-order valence-electron chi connectivity index (χ4n) is 3.98. The number of carbonyl (C=O) groups is 1. The highest BCUT2D eigenvalue weighted by atomic mass is 16.1. The molecule has 0 fully saturated rings. The van der Waals surface area contributed by atoms with Gasteiger partial charge in [0.05, 0.1) is 0 Å². The summed E-state index contributed by atoms with van der Waals surface area (Å²) in [6.45, 7) is 6.66. The minimum Gasteiger partial charge on any atom is -0.357 e. The van der Waals surface area contributed by atoms with Crippen LogP contribution in [0.15, 0.2) is 65.7 Å². The van der Waals surface area contributed by atoms with E-state index in [1.54, 1.807) is 17.8 Å². The van der Waals surface area contributed by atoms with Crippen molar-refractivity contribution in [2.45, 2.75) is 32.7 Å². The second-order valence-electron chi connectivity index (χ2n) is 9.04. The summed E-state index contributed by atoms with van der Waals surface area (Å²) < 4.78 is 1.55. The zero-order valence-corrected chi connectivity index (χ0v) is 18.8. The maximum absolute atomic E-state index is 13.0. The number of nitrogens with two attached hydrogens (primary N) is 1. The van der Waals surface area contributed by atoms with Crippen molar-refractivity contribution >= 4 is 22.5 Å². The first kappa shape index (κ1) is 21.6. The van der Waals surface area contributed by atoms with Gasteiger partial charge in [-0.3, -0.25) is 9.59 Å². The maximum atomic E-state index is 13.0. The summed E-state index contributed by atoms with van der Waals surface area (Å²) in [6, 6.07) is 15.2. The molecule has 4 aromatic rings. The first-order valence-electron chi connectivity index (χ1n) is 10.6. The largest absolute Gasteiger partial charge is 0.357 e. The molecule has 0 aliphatic carbocycles. The lowest BCUT2D eigenvalue weighted by atomic mass is 9.86. The van der Waals surface area contributed by atoms with Gasteiger partial charge in [-0.25, -0.2) is 0 Å². The SMILES string of the molecule is Cn1cc(-c2cccc(NC(=O)c3ccc(C(C)(C)C)cc3)c2CN)c2cc[nH]c2c1=O. The van der Waals surface area contributed by atoms with Crippen LogP contribution in [-0.2, 0) is 19.0 Å². The van der Waals surface area contributed by atoms with Gasteiger partial charge in [0.15, 0.2) is 0 Å². The van der Waals surface area contributed by atoms with Crippen LogP contribution in [0.5, 0.6) is 0 Å². The number of benzene rings is 2. The highest BCUT2D eigenvalue weighted by molar-refractivity contribution is 6.05. The number of aromatic amines is 1. The number of amides is 1. The first-order chi connectivity index (χ1) is 15.2. The lowest BCUT2D eigenvalue weighted by Crippen LogP contribution is -2.18. The molecule has 0 atom stereocenters. The summed E-state index contributed by atoms with van der Waals surface area (Å²) in [5.74, 6) is -0.190. The van der Waals surface area contributed by atoms with Gasteiger partial charge in [0, 0.05) is 48.2 Å². The molecular formula is C26H28N4O2. The predicted octanol–water partition coefficient (Wildman–Crippen LogP) is 4.54. The van der Waals surface area contributed by atoms with Crippen LogP contribution in [0.3, 0.4) is 0 Å². The van der Waals surface area contributed by atoms with Crippen molar-refractivity contribution in [1.29, 1.82) is 0 Å². The third-order valence-corrected chi connectivity index (χ3v) is 5.83. The monoisotopic (exact) mass is 428 g/mol. The zero-order valence-electron chi connectivity index (χ0n) is 18.8. The third kappa shape index (κ3) is 3.85. The van der Waals surface area contributed by atoms with Gasteiger partial charge in [0.1, 0.15) is 5.52 Å². The van der Waals surface area contributed by atoms with Gasteiger partial charge in [-0.2, -0.15) is 0 Å². The highest BCUT2D eigenvalue weighted by Gasteiger charge is 2.18. The van der Waals surface area contributed by atoms with E-state index in [-0.39, 0.29) is 23.4 Å². The van der Waals surface area contributed by atoms with Crippen LogP contribution in [0.2, 0.25) is 0 Å². The van der Waals surface area contributed by atoms with Crippen molar-refractivity contribution < 1.29 is 4.79 Å². The molecule has 2 heterocycles. The first-order valence-corrected chi connectivity index (χ1v) is 10.6. The number of anilines is 1. The van der Waals surface area contributed by atoms with Gasteiger partial charge >= 0.3 is 0 Å². The summed E-state index contributed by atoms with van der Waals surface area (Å²) >= 11 is 0. The molecule has 0 aliphatic rings. The summed E-state index contributed by atoms with van der Waals surface area (Å²) in [5, 5.41) is 3.84. The quantitative estimate of drug-likeness (QED) is 0.445. The smallest absolute Gasteiger partial charge is 0.274 e. The molecule has 32 heavy (non-hydrogen) atoms. The molecular weight excluding hydrogens is 400 g/mol. The molecule has 0 radical (unpaired) electrons. The number of aromatic nitrogens is 2. The summed E-state index contributed by atoms with van der Waals surface area (Å²) in [4.78, 5) is 28.4. The number of nitrogens with one attached hydrogen (secondary N) is 2. The molecule has 6 nitrogen and oxygen atoms in total. The molecule has 0 bridgehead atoms. The van der Waals surface area contributed by atoms with Crippen LogP contribution in [-0.4, -0.2) is 15.5 Å². The Balaban J connectivity index is 1.73. The van der Waals surface area contributed by atoms with E-state index in [0.29, 0.717) is 16.8 Å². The average molecular weight is 429 g/mol.